The van der Waals surface area contributed by atoms with Crippen molar-refractivity contribution in [2.24, 2.45) is 11.1 Å². The summed E-state index contributed by atoms with van der Waals surface area (Å²) in [5.74, 6) is -1.69. The van der Waals surface area contributed by atoms with E-state index in [4.69, 9.17) is 15.2 Å². The average Bonchev–Trinajstić information content (AvgIpc) is 3.36. The van der Waals surface area contributed by atoms with E-state index >= 15 is 8.78 Å². The second kappa shape index (κ2) is 11.2. The van der Waals surface area contributed by atoms with Crippen molar-refractivity contribution in [3.8, 4) is 16.9 Å². The van der Waals surface area contributed by atoms with Gasteiger partial charge in [-0.25, -0.2) is 18.0 Å². The van der Waals surface area contributed by atoms with E-state index in [1.165, 1.54) is 13.8 Å². The molecule has 1 unspecified atom stereocenters. The summed E-state index contributed by atoms with van der Waals surface area (Å²) < 4.78 is 57.5. The van der Waals surface area contributed by atoms with Crippen molar-refractivity contribution < 1.29 is 27.4 Å². The molecule has 10 heteroatoms. The molecule has 0 aliphatic carbocycles. The van der Waals surface area contributed by atoms with Gasteiger partial charge in [0, 0.05) is 47.5 Å². The van der Waals surface area contributed by atoms with E-state index in [9.17, 15) is 9.18 Å². The number of carbonyl (C=O) groups is 1. The van der Waals surface area contributed by atoms with Gasteiger partial charge in [0.05, 0.1) is 12.2 Å². The predicted molar refractivity (Wildman–Crippen MR) is 147 cm³/mol. The molecule has 2 heterocycles. The van der Waals surface area contributed by atoms with Crippen molar-refractivity contribution in [3.05, 3.63) is 71.1 Å². The van der Waals surface area contributed by atoms with Crippen molar-refractivity contribution >= 4 is 6.09 Å². The molecule has 3 N–H and O–H groups in total. The molecule has 1 aliphatic rings. The van der Waals surface area contributed by atoms with Gasteiger partial charge in [-0.05, 0) is 43.9 Å². The zero-order valence-electron chi connectivity index (χ0n) is 23.7. The normalized spacial score (nSPS) is 18.7. The number of amides is 1. The van der Waals surface area contributed by atoms with E-state index in [1.54, 1.807) is 12.4 Å². The highest BCUT2D eigenvalue weighted by Crippen LogP contribution is 2.43. The van der Waals surface area contributed by atoms with E-state index in [2.05, 4.69) is 10.2 Å². The Kier molecular flexibility index (Phi) is 8.21. The quantitative estimate of drug-likeness (QED) is 0.337. The Morgan fingerprint density at radius 1 is 1.15 bits per heavy atom. The number of primary amides is 1. The van der Waals surface area contributed by atoms with Crippen LogP contribution in [0.1, 0.15) is 64.3 Å². The van der Waals surface area contributed by atoms with Crippen LogP contribution in [0, 0.1) is 17.0 Å². The van der Waals surface area contributed by atoms with Gasteiger partial charge in [-0.15, -0.1) is 0 Å². The first-order valence-corrected chi connectivity index (χ1v) is 13.3. The molecule has 0 spiro atoms. The number of aromatic nitrogens is 2. The van der Waals surface area contributed by atoms with Crippen LogP contribution in [0.3, 0.4) is 0 Å². The largest absolute Gasteiger partial charge is 0.489 e. The summed E-state index contributed by atoms with van der Waals surface area (Å²) in [6.07, 6.45) is 2.37. The first-order chi connectivity index (χ1) is 18.6. The Morgan fingerprint density at radius 3 is 2.38 bits per heavy atom. The lowest BCUT2D eigenvalue weighted by Crippen LogP contribution is -2.48. The van der Waals surface area contributed by atoms with Crippen LogP contribution < -0.4 is 10.5 Å². The van der Waals surface area contributed by atoms with Gasteiger partial charge < -0.3 is 15.2 Å². The van der Waals surface area contributed by atoms with Crippen molar-refractivity contribution in [2.75, 3.05) is 13.2 Å². The molecular formula is C30H37F3N4O3. The number of alkyl halides is 1. The lowest BCUT2D eigenvalue weighted by atomic mass is 9.82. The number of hydrogen-bond acceptors (Lipinski definition) is 5. The molecule has 1 aliphatic heterocycles. The minimum absolute atomic E-state index is 0.0173. The van der Waals surface area contributed by atoms with Crippen molar-refractivity contribution in [1.29, 1.82) is 0 Å². The second-order valence-corrected chi connectivity index (χ2v) is 12.2. The Labute approximate surface area is 232 Å². The first-order valence-electron chi connectivity index (χ1n) is 13.3. The number of rotatable bonds is 8. The lowest BCUT2D eigenvalue weighted by molar-refractivity contribution is 0.00562. The minimum Gasteiger partial charge on any atom is -0.489 e. The third-order valence-electron chi connectivity index (χ3n) is 7.19. The Morgan fingerprint density at radius 2 is 1.82 bits per heavy atom. The van der Waals surface area contributed by atoms with Gasteiger partial charge in [-0.1, -0.05) is 39.0 Å². The van der Waals surface area contributed by atoms with E-state index in [1.807, 2.05) is 50.8 Å². The third-order valence-corrected chi connectivity index (χ3v) is 7.19. The molecule has 3 atom stereocenters. The van der Waals surface area contributed by atoms with Crippen molar-refractivity contribution in [1.82, 2.24) is 15.1 Å². The van der Waals surface area contributed by atoms with Gasteiger partial charge >= 0.3 is 6.09 Å². The standard InChI is InChI=1S/C30H37F3N4O3/c1-17-9-19-10-18(20-13-35-36-14-20)7-8-22(19)27(37(17)16-30(5,6)33)26-23(31)11-21(12-24(26)32)39-15-25(29(2,3)4)40-28(34)38/h7-8,10-14,17,25,27H,9,15-16H2,1-6H3,(H2,34,38)(H,35,36)/t17-,25?,27+/m1/s1. The zero-order chi connectivity index (χ0) is 29.4. The van der Waals surface area contributed by atoms with Crippen molar-refractivity contribution in [2.45, 2.75) is 71.8 Å². The highest BCUT2D eigenvalue weighted by Gasteiger charge is 2.39. The molecule has 4 rings (SSSR count). The molecule has 0 bridgehead atoms. The highest BCUT2D eigenvalue weighted by atomic mass is 19.1. The molecule has 40 heavy (non-hydrogen) atoms. The fraction of sp³-hybridized carbons (Fsp3) is 0.467. The first kappa shape index (κ1) is 29.5. The summed E-state index contributed by atoms with van der Waals surface area (Å²) in [6, 6.07) is 6.90. The number of H-pyrrole nitrogens is 1. The smallest absolute Gasteiger partial charge is 0.404 e. The SMILES string of the molecule is C[C@@H]1Cc2cc(-c3cn[nH]c3)ccc2[C@@H](c2c(F)cc(OCC(OC(N)=O)C(C)(C)C)cc2F)N1CC(C)(C)F. The van der Waals surface area contributed by atoms with Crippen LogP contribution in [0.15, 0.2) is 42.7 Å². The van der Waals surface area contributed by atoms with Crippen molar-refractivity contribution in [3.63, 3.8) is 0 Å². The molecule has 7 nitrogen and oxygen atoms in total. The monoisotopic (exact) mass is 558 g/mol. The number of hydrogen-bond donors (Lipinski definition) is 2. The Balaban J connectivity index is 1.73. The number of aromatic amines is 1. The summed E-state index contributed by atoms with van der Waals surface area (Å²) in [4.78, 5) is 13.1. The summed E-state index contributed by atoms with van der Waals surface area (Å²) in [6.45, 7) is 10.2. The van der Waals surface area contributed by atoms with Crippen LogP contribution in [-0.2, 0) is 11.2 Å². The van der Waals surface area contributed by atoms with Gasteiger partial charge in [0.25, 0.3) is 0 Å². The van der Waals surface area contributed by atoms with Crippen LogP contribution in [0.25, 0.3) is 11.1 Å². The molecule has 1 amide bonds. The summed E-state index contributed by atoms with van der Waals surface area (Å²) in [5.41, 5.74) is 6.34. The maximum absolute atomic E-state index is 15.8. The average molecular weight is 559 g/mol. The highest BCUT2D eigenvalue weighted by molar-refractivity contribution is 5.65. The van der Waals surface area contributed by atoms with Gasteiger partial charge in [-0.3, -0.25) is 10.00 Å². The maximum atomic E-state index is 15.8. The Bertz CT molecular complexity index is 1330. The summed E-state index contributed by atoms with van der Waals surface area (Å²) in [5, 5.41) is 6.81. The lowest BCUT2D eigenvalue weighted by Gasteiger charge is -2.44. The van der Waals surface area contributed by atoms with Gasteiger partial charge in [-0.2, -0.15) is 5.10 Å². The molecule has 2 aromatic carbocycles. The maximum Gasteiger partial charge on any atom is 0.404 e. The number of ether oxygens (including phenoxy) is 2. The number of nitrogens with one attached hydrogen (secondary N) is 1. The number of nitrogens with two attached hydrogens (primary N) is 1. The number of nitrogens with zero attached hydrogens (tertiary/aromatic N) is 2. The second-order valence-electron chi connectivity index (χ2n) is 12.2. The number of carbonyl (C=O) groups excluding carboxylic acids is 1. The van der Waals surface area contributed by atoms with Gasteiger partial charge in [0.2, 0.25) is 0 Å². The van der Waals surface area contributed by atoms with E-state index < -0.39 is 41.0 Å². The van der Waals surface area contributed by atoms with E-state index in [0.29, 0.717) is 12.0 Å². The molecule has 0 saturated heterocycles. The molecule has 216 valence electrons. The topological polar surface area (TPSA) is 93.5 Å². The molecule has 1 aromatic heterocycles. The van der Waals surface area contributed by atoms with Gasteiger partial charge in [0.15, 0.2) is 0 Å². The summed E-state index contributed by atoms with van der Waals surface area (Å²) >= 11 is 0. The van der Waals surface area contributed by atoms with Crippen LogP contribution in [0.4, 0.5) is 18.0 Å². The summed E-state index contributed by atoms with van der Waals surface area (Å²) in [7, 11) is 0. The predicted octanol–water partition coefficient (Wildman–Crippen LogP) is 6.33. The molecule has 0 fully saturated rings. The molecule has 0 saturated carbocycles. The van der Waals surface area contributed by atoms with Crippen LogP contribution in [-0.4, -0.2) is 52.2 Å². The van der Waals surface area contributed by atoms with Crippen LogP contribution in [0.5, 0.6) is 5.75 Å². The Hall–Kier alpha value is -3.53. The third kappa shape index (κ3) is 6.60. The molecule has 0 radical (unpaired) electrons. The van der Waals surface area contributed by atoms with E-state index in [-0.39, 0.29) is 30.5 Å². The fourth-order valence-electron chi connectivity index (χ4n) is 5.19. The molecule has 3 aromatic rings. The number of halogens is 3. The number of benzene rings is 2. The van der Waals surface area contributed by atoms with E-state index in [0.717, 1.165) is 28.8 Å². The van der Waals surface area contributed by atoms with Crippen LogP contribution >= 0.6 is 0 Å². The number of fused-ring (bicyclic) bond motifs is 1. The zero-order valence-corrected chi connectivity index (χ0v) is 23.7. The van der Waals surface area contributed by atoms with Crippen LogP contribution in [0.2, 0.25) is 0 Å². The van der Waals surface area contributed by atoms with Gasteiger partial charge in [0.1, 0.15) is 35.8 Å². The fourth-order valence-corrected chi connectivity index (χ4v) is 5.19. The minimum atomic E-state index is -1.60. The molecular weight excluding hydrogens is 521 g/mol.